The van der Waals surface area contributed by atoms with Crippen molar-refractivity contribution in [2.45, 2.75) is 37.3 Å². The van der Waals surface area contributed by atoms with E-state index in [9.17, 15) is 9.90 Å². The Morgan fingerprint density at radius 2 is 1.90 bits per heavy atom. The highest BCUT2D eigenvalue weighted by molar-refractivity contribution is 5.78. The lowest BCUT2D eigenvalue weighted by atomic mass is 9.72. The summed E-state index contributed by atoms with van der Waals surface area (Å²) in [5, 5.41) is 14.5. The molecule has 1 aromatic carbocycles. The van der Waals surface area contributed by atoms with Gasteiger partial charge in [0, 0.05) is 44.0 Å². The van der Waals surface area contributed by atoms with Crippen LogP contribution in [0.3, 0.4) is 0 Å². The maximum Gasteiger partial charge on any atom is 0.234 e. The van der Waals surface area contributed by atoms with Gasteiger partial charge in [0.2, 0.25) is 5.91 Å². The highest BCUT2D eigenvalue weighted by Crippen LogP contribution is 2.53. The summed E-state index contributed by atoms with van der Waals surface area (Å²) in [5.74, 6) is 0.974. The summed E-state index contributed by atoms with van der Waals surface area (Å²) in [6.07, 6.45) is 4.66. The van der Waals surface area contributed by atoms with Crippen molar-refractivity contribution in [2.75, 3.05) is 37.6 Å². The van der Waals surface area contributed by atoms with Gasteiger partial charge in [-0.05, 0) is 30.9 Å². The van der Waals surface area contributed by atoms with Gasteiger partial charge in [0.1, 0.15) is 5.82 Å². The van der Waals surface area contributed by atoms with Crippen molar-refractivity contribution in [3.8, 4) is 0 Å². The number of benzene rings is 1. The number of nitrogens with zero attached hydrogens (tertiary/aromatic N) is 4. The minimum Gasteiger partial charge on any atom is -0.390 e. The summed E-state index contributed by atoms with van der Waals surface area (Å²) in [5.41, 5.74) is 3.09. The molecule has 1 aromatic heterocycles. The fourth-order valence-corrected chi connectivity index (χ4v) is 5.53. The predicted molar refractivity (Wildman–Crippen MR) is 110 cm³/mol. The molecule has 2 N–H and O–H groups in total. The van der Waals surface area contributed by atoms with Crippen molar-refractivity contribution in [1.82, 2.24) is 20.2 Å². The van der Waals surface area contributed by atoms with Gasteiger partial charge in [0.15, 0.2) is 0 Å². The monoisotopic (exact) mass is 393 g/mol. The van der Waals surface area contributed by atoms with Crippen molar-refractivity contribution < 1.29 is 9.90 Å². The zero-order valence-corrected chi connectivity index (χ0v) is 16.7. The zero-order chi connectivity index (χ0) is 20.0. The molecule has 1 amide bonds. The molecule has 152 valence electrons. The number of aliphatic hydroxyl groups is 1. The molecule has 3 heterocycles. The lowest BCUT2D eigenvalue weighted by Crippen LogP contribution is -2.54. The minimum absolute atomic E-state index is 0.0369. The fourth-order valence-electron chi connectivity index (χ4n) is 5.53. The second-order valence-electron chi connectivity index (χ2n) is 8.41. The van der Waals surface area contributed by atoms with E-state index in [0.29, 0.717) is 13.1 Å². The summed E-state index contributed by atoms with van der Waals surface area (Å²) < 4.78 is 0. The third kappa shape index (κ3) is 2.91. The number of fused-ring (bicyclic) bond motifs is 2. The summed E-state index contributed by atoms with van der Waals surface area (Å²) in [4.78, 5) is 25.3. The van der Waals surface area contributed by atoms with Gasteiger partial charge >= 0.3 is 0 Å². The Morgan fingerprint density at radius 1 is 1.14 bits per heavy atom. The van der Waals surface area contributed by atoms with E-state index < -0.39 is 6.10 Å². The quantitative estimate of drug-likeness (QED) is 0.797. The first-order chi connectivity index (χ1) is 14.1. The Bertz CT molecular complexity index is 925. The standard InChI is InChI=1S/C22H27N5O2/c1-15-21(25-9-8-23-15)26-11-6-22(7-12-26)17-5-3-2-4-16(17)19(20(22)29)27-13-10-24-18(28)14-27/h2-5,8-9,19-20,29H,6-7,10-14H2,1H3,(H,24,28)/t19-,20+/m1/s1. The largest absolute Gasteiger partial charge is 0.390 e. The number of aryl methyl sites for hydroxylation is 1. The molecule has 1 spiro atoms. The average Bonchev–Trinajstić information content (AvgIpc) is 2.97. The molecule has 0 bridgehead atoms. The number of hydrogen-bond acceptors (Lipinski definition) is 6. The van der Waals surface area contributed by atoms with Gasteiger partial charge in [-0.2, -0.15) is 0 Å². The van der Waals surface area contributed by atoms with Gasteiger partial charge in [-0.3, -0.25) is 14.7 Å². The lowest BCUT2D eigenvalue weighted by molar-refractivity contribution is -0.126. The van der Waals surface area contributed by atoms with E-state index in [2.05, 4.69) is 43.3 Å². The number of aromatic nitrogens is 2. The Labute approximate surface area is 170 Å². The number of amides is 1. The van der Waals surface area contributed by atoms with Crippen LogP contribution in [-0.2, 0) is 10.2 Å². The molecule has 7 nitrogen and oxygen atoms in total. The number of aliphatic hydroxyl groups excluding tert-OH is 1. The lowest BCUT2D eigenvalue weighted by Gasteiger charge is -2.44. The molecule has 2 aromatic rings. The number of carbonyl (C=O) groups excluding carboxylic acids is 1. The molecule has 2 fully saturated rings. The summed E-state index contributed by atoms with van der Waals surface area (Å²) in [6, 6.07) is 8.29. The van der Waals surface area contributed by atoms with Crippen molar-refractivity contribution in [1.29, 1.82) is 0 Å². The van der Waals surface area contributed by atoms with Crippen molar-refractivity contribution in [3.63, 3.8) is 0 Å². The molecule has 7 heteroatoms. The molecule has 1 aliphatic carbocycles. The number of carbonyl (C=O) groups is 1. The third-order valence-electron chi connectivity index (χ3n) is 6.95. The zero-order valence-electron chi connectivity index (χ0n) is 16.7. The van der Waals surface area contributed by atoms with Crippen LogP contribution in [0.1, 0.15) is 35.7 Å². The Kier molecular flexibility index (Phi) is 4.52. The molecule has 3 aliphatic rings. The number of rotatable bonds is 2. The number of anilines is 1. The topological polar surface area (TPSA) is 81.6 Å². The van der Waals surface area contributed by atoms with E-state index >= 15 is 0 Å². The van der Waals surface area contributed by atoms with Crippen molar-refractivity contribution in [2.24, 2.45) is 0 Å². The molecule has 0 saturated carbocycles. The van der Waals surface area contributed by atoms with Gasteiger partial charge in [-0.25, -0.2) is 4.98 Å². The minimum atomic E-state index is -0.518. The highest BCUT2D eigenvalue weighted by Gasteiger charge is 2.54. The summed E-state index contributed by atoms with van der Waals surface area (Å²) >= 11 is 0. The van der Waals surface area contributed by atoms with Crippen molar-refractivity contribution in [3.05, 3.63) is 53.5 Å². The van der Waals surface area contributed by atoms with Crippen LogP contribution in [0.15, 0.2) is 36.7 Å². The van der Waals surface area contributed by atoms with Crippen LogP contribution in [0.5, 0.6) is 0 Å². The summed E-state index contributed by atoms with van der Waals surface area (Å²) in [6.45, 7) is 5.40. The van der Waals surface area contributed by atoms with Gasteiger partial charge in [0.25, 0.3) is 0 Å². The van der Waals surface area contributed by atoms with E-state index in [4.69, 9.17) is 0 Å². The van der Waals surface area contributed by atoms with Crippen LogP contribution in [0.4, 0.5) is 5.82 Å². The fraction of sp³-hybridized carbons (Fsp3) is 0.500. The van der Waals surface area contributed by atoms with Gasteiger partial charge in [0.05, 0.1) is 24.4 Å². The molecule has 2 saturated heterocycles. The van der Waals surface area contributed by atoms with Crippen LogP contribution in [0, 0.1) is 6.92 Å². The maximum absolute atomic E-state index is 12.0. The average molecular weight is 393 g/mol. The van der Waals surface area contributed by atoms with Crippen LogP contribution >= 0.6 is 0 Å². The molecule has 0 radical (unpaired) electrons. The number of piperazine rings is 1. The van der Waals surface area contributed by atoms with Crippen molar-refractivity contribution >= 4 is 11.7 Å². The normalized spacial score (nSPS) is 26.4. The first-order valence-electron chi connectivity index (χ1n) is 10.4. The van der Waals surface area contributed by atoms with Gasteiger partial charge in [-0.1, -0.05) is 24.3 Å². The van der Waals surface area contributed by atoms with E-state index in [-0.39, 0.29) is 17.4 Å². The summed E-state index contributed by atoms with van der Waals surface area (Å²) in [7, 11) is 0. The molecule has 5 rings (SSSR count). The molecule has 2 atom stereocenters. The molecule has 29 heavy (non-hydrogen) atoms. The van der Waals surface area contributed by atoms with E-state index in [0.717, 1.165) is 44.0 Å². The molecule has 2 aliphatic heterocycles. The Hall–Kier alpha value is -2.51. The van der Waals surface area contributed by atoms with Crippen LogP contribution < -0.4 is 10.2 Å². The Morgan fingerprint density at radius 3 is 2.66 bits per heavy atom. The smallest absolute Gasteiger partial charge is 0.234 e. The van der Waals surface area contributed by atoms with Gasteiger partial charge in [-0.15, -0.1) is 0 Å². The molecular formula is C22H27N5O2. The second-order valence-corrected chi connectivity index (χ2v) is 8.41. The van der Waals surface area contributed by atoms with E-state index in [1.54, 1.807) is 12.4 Å². The SMILES string of the molecule is Cc1nccnc1N1CCC2(CC1)c1ccccc1[C@@H](N1CCNC(=O)C1)[C@@H]2O. The van der Waals surface area contributed by atoms with E-state index in [1.165, 1.54) is 11.1 Å². The van der Waals surface area contributed by atoms with Crippen LogP contribution in [0.2, 0.25) is 0 Å². The first-order valence-corrected chi connectivity index (χ1v) is 10.4. The number of nitrogens with one attached hydrogen (secondary N) is 1. The van der Waals surface area contributed by atoms with Gasteiger partial charge < -0.3 is 15.3 Å². The molecular weight excluding hydrogens is 366 g/mol. The highest BCUT2D eigenvalue weighted by atomic mass is 16.3. The number of piperidine rings is 1. The Balaban J connectivity index is 1.45. The molecule has 0 unspecified atom stereocenters. The maximum atomic E-state index is 12.0. The first kappa shape index (κ1) is 18.5. The van der Waals surface area contributed by atoms with Crippen LogP contribution in [0.25, 0.3) is 0 Å². The second kappa shape index (κ2) is 7.07. The van der Waals surface area contributed by atoms with E-state index in [1.807, 2.05) is 13.0 Å². The predicted octanol–water partition coefficient (Wildman–Crippen LogP) is 1.17. The third-order valence-corrected chi connectivity index (χ3v) is 6.95. The number of hydrogen-bond donors (Lipinski definition) is 2. The van der Waals surface area contributed by atoms with Crippen LogP contribution in [-0.4, -0.2) is 64.7 Å².